The molecule has 106 valence electrons. The highest BCUT2D eigenvalue weighted by molar-refractivity contribution is 9.10. The van der Waals surface area contributed by atoms with Crippen LogP contribution >= 0.6 is 15.9 Å². The molecule has 1 aromatic carbocycles. The van der Waals surface area contributed by atoms with Gasteiger partial charge in [-0.15, -0.1) is 6.58 Å². The summed E-state index contributed by atoms with van der Waals surface area (Å²) in [6.07, 6.45) is 3.81. The molecule has 0 fully saturated rings. The van der Waals surface area contributed by atoms with Crippen molar-refractivity contribution < 1.29 is 0 Å². The molecule has 2 aromatic rings. The number of aromatic nitrogens is 2. The smallest absolute Gasteiger partial charge is 0.132 e. The summed E-state index contributed by atoms with van der Waals surface area (Å²) in [6.45, 7) is 8.70. The van der Waals surface area contributed by atoms with Crippen LogP contribution in [-0.4, -0.2) is 9.55 Å². The van der Waals surface area contributed by atoms with Crippen molar-refractivity contribution in [1.29, 1.82) is 0 Å². The predicted octanol–water partition coefficient (Wildman–Crippen LogP) is 4.34. The van der Waals surface area contributed by atoms with Gasteiger partial charge in [0.2, 0.25) is 0 Å². The number of hydrogen-bond donors (Lipinski definition) is 1. The second kappa shape index (κ2) is 6.27. The lowest BCUT2D eigenvalue weighted by Gasteiger charge is -2.07. The van der Waals surface area contributed by atoms with E-state index in [1.165, 1.54) is 5.56 Å². The molecule has 2 rings (SSSR count). The van der Waals surface area contributed by atoms with E-state index in [0.717, 1.165) is 34.4 Å². The molecule has 2 N–H and O–H groups in total. The summed E-state index contributed by atoms with van der Waals surface area (Å²) in [5.41, 5.74) is 9.38. The van der Waals surface area contributed by atoms with Gasteiger partial charge >= 0.3 is 0 Å². The molecule has 0 aliphatic heterocycles. The van der Waals surface area contributed by atoms with Crippen molar-refractivity contribution in [2.45, 2.75) is 33.2 Å². The number of aryl methyl sites for hydroxylation is 2. The Labute approximate surface area is 128 Å². The molecular weight excluding hydrogens is 314 g/mol. The van der Waals surface area contributed by atoms with Gasteiger partial charge in [0.1, 0.15) is 17.3 Å². The Morgan fingerprint density at radius 3 is 2.80 bits per heavy atom. The Morgan fingerprint density at radius 1 is 1.45 bits per heavy atom. The van der Waals surface area contributed by atoms with E-state index >= 15 is 0 Å². The molecule has 0 atom stereocenters. The third-order valence-electron chi connectivity index (χ3n) is 3.25. The molecule has 0 radical (unpaired) electrons. The zero-order valence-corrected chi connectivity index (χ0v) is 13.6. The molecule has 20 heavy (non-hydrogen) atoms. The van der Waals surface area contributed by atoms with Crippen LogP contribution in [0.1, 0.15) is 24.7 Å². The standard InChI is InChI=1S/C16H20BrN3/c1-4-6-14-19-15(16(18)20(14)9-5-2)12-8-7-11(3)10-13(12)17/h5,7-8,10H,2,4,6,9,18H2,1,3H3. The molecule has 0 spiro atoms. The number of rotatable bonds is 5. The zero-order chi connectivity index (χ0) is 14.7. The summed E-state index contributed by atoms with van der Waals surface area (Å²) in [4.78, 5) is 4.74. The van der Waals surface area contributed by atoms with Crippen molar-refractivity contribution >= 4 is 21.7 Å². The molecule has 0 unspecified atom stereocenters. The quantitative estimate of drug-likeness (QED) is 0.827. The number of nitrogens with two attached hydrogens (primary N) is 1. The van der Waals surface area contributed by atoms with Crippen LogP contribution in [0.4, 0.5) is 5.82 Å². The third-order valence-corrected chi connectivity index (χ3v) is 3.91. The summed E-state index contributed by atoms with van der Waals surface area (Å²) in [6, 6.07) is 6.22. The molecule has 0 saturated heterocycles. The van der Waals surface area contributed by atoms with E-state index < -0.39 is 0 Å². The maximum Gasteiger partial charge on any atom is 0.132 e. The van der Waals surface area contributed by atoms with E-state index in [4.69, 9.17) is 10.7 Å². The monoisotopic (exact) mass is 333 g/mol. The minimum absolute atomic E-state index is 0.692. The van der Waals surface area contributed by atoms with Gasteiger partial charge in [0.25, 0.3) is 0 Å². The number of nitrogens with zero attached hydrogens (tertiary/aromatic N) is 2. The van der Waals surface area contributed by atoms with Crippen molar-refractivity contribution in [1.82, 2.24) is 9.55 Å². The van der Waals surface area contributed by atoms with Gasteiger partial charge in [-0.25, -0.2) is 4.98 Å². The average molecular weight is 334 g/mol. The van der Waals surface area contributed by atoms with Gasteiger partial charge in [-0.3, -0.25) is 0 Å². The van der Waals surface area contributed by atoms with Crippen molar-refractivity contribution in [2.75, 3.05) is 5.73 Å². The number of imidazole rings is 1. The molecule has 0 amide bonds. The van der Waals surface area contributed by atoms with E-state index in [1.54, 1.807) is 0 Å². The normalized spacial score (nSPS) is 10.8. The van der Waals surface area contributed by atoms with Gasteiger partial charge < -0.3 is 10.3 Å². The van der Waals surface area contributed by atoms with Crippen molar-refractivity contribution in [3.05, 3.63) is 46.7 Å². The third kappa shape index (κ3) is 2.80. The lowest BCUT2D eigenvalue weighted by Crippen LogP contribution is -2.05. The summed E-state index contributed by atoms with van der Waals surface area (Å²) < 4.78 is 3.06. The lowest BCUT2D eigenvalue weighted by atomic mass is 10.1. The lowest BCUT2D eigenvalue weighted by molar-refractivity contribution is 0.724. The Kier molecular flexibility index (Phi) is 4.65. The molecule has 0 saturated carbocycles. The molecule has 1 aromatic heterocycles. The Bertz CT molecular complexity index is 629. The predicted molar refractivity (Wildman–Crippen MR) is 88.7 cm³/mol. The van der Waals surface area contributed by atoms with E-state index in [9.17, 15) is 0 Å². The fraction of sp³-hybridized carbons (Fsp3) is 0.312. The maximum absolute atomic E-state index is 6.29. The Balaban J connectivity index is 2.56. The number of benzene rings is 1. The van der Waals surface area contributed by atoms with Crippen molar-refractivity contribution in [3.8, 4) is 11.3 Å². The fourth-order valence-corrected chi connectivity index (χ4v) is 2.95. The van der Waals surface area contributed by atoms with E-state index in [-0.39, 0.29) is 0 Å². The average Bonchev–Trinajstić information content (AvgIpc) is 2.69. The van der Waals surface area contributed by atoms with Crippen molar-refractivity contribution in [2.24, 2.45) is 0 Å². The molecule has 0 aliphatic carbocycles. The Hall–Kier alpha value is -1.55. The van der Waals surface area contributed by atoms with Gasteiger partial charge in [-0.2, -0.15) is 0 Å². The number of anilines is 1. The van der Waals surface area contributed by atoms with Gasteiger partial charge in [0.15, 0.2) is 0 Å². The van der Waals surface area contributed by atoms with E-state index in [0.29, 0.717) is 12.4 Å². The van der Waals surface area contributed by atoms with Crippen LogP contribution < -0.4 is 5.73 Å². The number of nitrogen functional groups attached to an aromatic ring is 1. The second-order valence-corrected chi connectivity index (χ2v) is 5.75. The minimum atomic E-state index is 0.692. The Morgan fingerprint density at radius 2 is 2.20 bits per heavy atom. The zero-order valence-electron chi connectivity index (χ0n) is 12.0. The van der Waals surface area contributed by atoms with Gasteiger partial charge in [-0.05, 0) is 25.0 Å². The van der Waals surface area contributed by atoms with E-state index in [2.05, 4.69) is 54.6 Å². The van der Waals surface area contributed by atoms with Crippen LogP contribution in [-0.2, 0) is 13.0 Å². The van der Waals surface area contributed by atoms with Crippen LogP contribution in [0.2, 0.25) is 0 Å². The van der Waals surface area contributed by atoms with E-state index in [1.807, 2.05) is 10.6 Å². The summed E-state index contributed by atoms with van der Waals surface area (Å²) in [5, 5.41) is 0. The van der Waals surface area contributed by atoms with Crippen LogP contribution in [0.15, 0.2) is 35.3 Å². The topological polar surface area (TPSA) is 43.8 Å². The van der Waals surface area contributed by atoms with Crippen LogP contribution in [0.5, 0.6) is 0 Å². The van der Waals surface area contributed by atoms with Crippen LogP contribution in [0, 0.1) is 6.92 Å². The largest absolute Gasteiger partial charge is 0.383 e. The highest BCUT2D eigenvalue weighted by Gasteiger charge is 2.16. The first-order chi connectivity index (χ1) is 9.58. The molecule has 0 bridgehead atoms. The van der Waals surface area contributed by atoms with Gasteiger partial charge in [-0.1, -0.05) is 41.1 Å². The summed E-state index contributed by atoms with van der Waals surface area (Å²) in [5.74, 6) is 1.73. The van der Waals surface area contributed by atoms with Crippen LogP contribution in [0.3, 0.4) is 0 Å². The molecular formula is C16H20BrN3. The fourth-order valence-electron chi connectivity index (χ4n) is 2.27. The van der Waals surface area contributed by atoms with Gasteiger partial charge in [0, 0.05) is 23.0 Å². The molecule has 4 heteroatoms. The summed E-state index contributed by atoms with van der Waals surface area (Å²) >= 11 is 3.60. The van der Waals surface area contributed by atoms with Crippen LogP contribution in [0.25, 0.3) is 11.3 Å². The first-order valence-electron chi connectivity index (χ1n) is 6.80. The molecule has 0 aliphatic rings. The number of allylic oxidation sites excluding steroid dienone is 1. The molecule has 3 nitrogen and oxygen atoms in total. The van der Waals surface area contributed by atoms with Crippen molar-refractivity contribution in [3.63, 3.8) is 0 Å². The highest BCUT2D eigenvalue weighted by atomic mass is 79.9. The minimum Gasteiger partial charge on any atom is -0.383 e. The highest BCUT2D eigenvalue weighted by Crippen LogP contribution is 2.33. The second-order valence-electron chi connectivity index (χ2n) is 4.89. The number of halogens is 1. The first-order valence-corrected chi connectivity index (χ1v) is 7.60. The number of hydrogen-bond acceptors (Lipinski definition) is 2. The van der Waals surface area contributed by atoms with Gasteiger partial charge in [0.05, 0.1) is 0 Å². The maximum atomic E-state index is 6.29. The first kappa shape index (κ1) is 14.9. The summed E-state index contributed by atoms with van der Waals surface area (Å²) in [7, 11) is 0. The molecule has 1 heterocycles. The SMILES string of the molecule is C=CCn1c(CCC)nc(-c2ccc(C)cc2Br)c1N.